The van der Waals surface area contributed by atoms with Crippen molar-refractivity contribution in [1.82, 2.24) is 25.1 Å². The third-order valence-electron chi connectivity index (χ3n) is 12.0. The Labute approximate surface area is 363 Å². The highest BCUT2D eigenvalue weighted by Crippen LogP contribution is 2.34. The predicted molar refractivity (Wildman–Crippen MR) is 240 cm³/mol. The van der Waals surface area contributed by atoms with Crippen LogP contribution in [0, 0.1) is 11.8 Å². The lowest BCUT2D eigenvalue weighted by Gasteiger charge is -2.32. The van der Waals surface area contributed by atoms with E-state index in [2.05, 4.69) is 44.8 Å². The van der Waals surface area contributed by atoms with Gasteiger partial charge in [-0.1, -0.05) is 84.9 Å². The molecule has 2 fully saturated rings. The molecule has 12 heteroatoms. The van der Waals surface area contributed by atoms with E-state index in [1.807, 2.05) is 65.6 Å². The van der Waals surface area contributed by atoms with E-state index in [1.54, 1.807) is 25.4 Å². The number of hydrogen-bond acceptors (Lipinski definition) is 11. The Hall–Kier alpha value is -6.21. The zero-order valence-corrected chi connectivity index (χ0v) is 35.2. The number of aromatic hydroxyl groups is 1. The molecule has 2 atom stereocenters. The maximum atomic E-state index is 14.0. The van der Waals surface area contributed by atoms with E-state index in [4.69, 9.17) is 9.72 Å². The van der Waals surface area contributed by atoms with Gasteiger partial charge in [-0.05, 0) is 104 Å². The molecule has 0 radical (unpaired) electrons. The van der Waals surface area contributed by atoms with E-state index >= 15 is 0 Å². The number of nitrogens with one attached hydrogen (secondary N) is 2. The quantitative estimate of drug-likeness (QED) is 0.0336. The number of likely N-dealkylation sites (tertiary alicyclic amines) is 2. The highest BCUT2D eigenvalue weighted by Gasteiger charge is 2.29. The molecule has 3 heterocycles. The molecule has 1 aromatic heterocycles. The van der Waals surface area contributed by atoms with Crippen molar-refractivity contribution in [2.75, 3.05) is 58.2 Å². The monoisotopic (exact) mass is 836 g/mol. The summed E-state index contributed by atoms with van der Waals surface area (Å²) in [6.07, 6.45) is 9.34. The van der Waals surface area contributed by atoms with Crippen LogP contribution in [0.25, 0.3) is 17.3 Å². The normalized spacial score (nSPS) is 16.2. The number of carbonyl (C=O) groups excluding carboxylic acids is 3. The third-order valence-corrected chi connectivity index (χ3v) is 12.0. The maximum Gasteiger partial charge on any atom is 0.317 e. The van der Waals surface area contributed by atoms with Gasteiger partial charge in [-0.25, -0.2) is 4.98 Å². The Morgan fingerprint density at radius 1 is 0.871 bits per heavy atom. The van der Waals surface area contributed by atoms with Gasteiger partial charge in [-0.15, -0.1) is 0 Å². The van der Waals surface area contributed by atoms with E-state index in [0.29, 0.717) is 66.9 Å². The van der Waals surface area contributed by atoms with Gasteiger partial charge in [0.15, 0.2) is 0 Å². The Balaban J connectivity index is 0.936. The van der Waals surface area contributed by atoms with Crippen molar-refractivity contribution in [2.45, 2.75) is 44.2 Å². The summed E-state index contributed by atoms with van der Waals surface area (Å²) in [5, 5.41) is 27.6. The molecule has 0 saturated carbocycles. The molecular formula is C50H56N6O6. The average molecular weight is 837 g/mol. The van der Waals surface area contributed by atoms with Crippen LogP contribution in [0.3, 0.4) is 0 Å². The fourth-order valence-electron chi connectivity index (χ4n) is 8.56. The number of aliphatic hydroxyl groups is 1. The summed E-state index contributed by atoms with van der Waals surface area (Å²) in [4.78, 5) is 52.2. The highest BCUT2D eigenvalue weighted by molar-refractivity contribution is 5.92. The van der Waals surface area contributed by atoms with Gasteiger partial charge in [0, 0.05) is 44.4 Å². The molecule has 0 aliphatic carbocycles. The number of phenolic OH excluding ortho intramolecular Hbond substituents is 1. The van der Waals surface area contributed by atoms with Gasteiger partial charge in [0.2, 0.25) is 0 Å². The van der Waals surface area contributed by atoms with Crippen LogP contribution in [-0.2, 0) is 20.9 Å². The van der Waals surface area contributed by atoms with Gasteiger partial charge in [-0.2, -0.15) is 0 Å². The van der Waals surface area contributed by atoms with Crippen LogP contribution >= 0.6 is 0 Å². The van der Waals surface area contributed by atoms with Crippen molar-refractivity contribution in [3.05, 3.63) is 149 Å². The van der Waals surface area contributed by atoms with Crippen LogP contribution in [0.4, 0.5) is 5.69 Å². The molecule has 4 N–H and O–H groups in total. The minimum atomic E-state index is -0.871. The van der Waals surface area contributed by atoms with Crippen LogP contribution in [-0.4, -0.2) is 101 Å². The van der Waals surface area contributed by atoms with Crippen LogP contribution in [0.15, 0.2) is 116 Å². The molecule has 12 nitrogen and oxygen atoms in total. The number of nitrogens with zero attached hydrogens (tertiary/aromatic N) is 4. The lowest BCUT2D eigenvalue weighted by Crippen LogP contribution is -2.41. The van der Waals surface area contributed by atoms with Gasteiger partial charge < -0.3 is 30.5 Å². The number of anilines is 1. The Bertz CT molecular complexity index is 2290. The number of esters is 1. The van der Waals surface area contributed by atoms with E-state index in [9.17, 15) is 24.6 Å². The number of aromatic nitrogens is 2. The van der Waals surface area contributed by atoms with E-state index in [0.717, 1.165) is 62.0 Å². The molecule has 5 aromatic rings. The lowest BCUT2D eigenvalue weighted by atomic mass is 9.90. The van der Waals surface area contributed by atoms with Gasteiger partial charge in [-0.3, -0.25) is 24.3 Å². The molecule has 2 aliphatic rings. The Kier molecular flexibility index (Phi) is 15.2. The summed E-state index contributed by atoms with van der Waals surface area (Å²) in [6, 6.07) is 31.1. The predicted octanol–water partition coefficient (Wildman–Crippen LogP) is 6.87. The van der Waals surface area contributed by atoms with Crippen molar-refractivity contribution >= 4 is 29.9 Å². The molecule has 322 valence electrons. The zero-order valence-electron chi connectivity index (χ0n) is 35.2. The van der Waals surface area contributed by atoms with Gasteiger partial charge in [0.05, 0.1) is 36.5 Å². The zero-order chi connectivity index (χ0) is 43.3. The summed E-state index contributed by atoms with van der Waals surface area (Å²) < 4.78 is 6.08. The number of phenols is 1. The van der Waals surface area contributed by atoms with Crippen molar-refractivity contribution in [3.8, 4) is 17.0 Å². The first-order chi connectivity index (χ1) is 30.3. The number of benzene rings is 4. The molecule has 0 bridgehead atoms. The summed E-state index contributed by atoms with van der Waals surface area (Å²) in [7, 11) is 1.67. The molecule has 2 unspecified atom stereocenters. The van der Waals surface area contributed by atoms with Crippen LogP contribution in [0.2, 0.25) is 0 Å². The SMILES string of the molecule is CNc1c(O)ccc(C(O)CNCC2CCN(C(=O)c3cncc(-c4cccc(C(C(=O)OCC5CCN(Cc6ccccc6)CC5)c5ccccc5)c4)n3)CC2)c1/C=C\C=O. The fourth-order valence-corrected chi connectivity index (χ4v) is 8.56. The summed E-state index contributed by atoms with van der Waals surface area (Å²) in [5.74, 6) is -0.466. The lowest BCUT2D eigenvalue weighted by molar-refractivity contribution is -0.146. The molecule has 1 amide bonds. The second-order valence-corrected chi connectivity index (χ2v) is 16.2. The van der Waals surface area contributed by atoms with Crippen molar-refractivity contribution in [1.29, 1.82) is 0 Å². The first kappa shape index (κ1) is 43.9. The van der Waals surface area contributed by atoms with Gasteiger partial charge in [0.1, 0.15) is 23.6 Å². The van der Waals surface area contributed by atoms with Gasteiger partial charge in [0.25, 0.3) is 5.91 Å². The number of rotatable bonds is 17. The standard InChI is InChI=1S/C50H56N6O6/c1-51-48-42(16-9-27-57)41(17-18-45(48)58)46(59)32-52-29-35-21-25-56(26-22-35)49(60)44-31-53-30-43(54-44)39-14-8-15-40(28-39)47(38-12-6-3-7-13-38)50(61)62-34-37-19-23-55(24-20-37)33-36-10-4-2-5-11-36/h2-18,27-28,30-31,35,37,46-47,51-52,58-59H,19-26,29,32-34H2,1H3/b16-9-. The number of carbonyl (C=O) groups is 3. The molecule has 0 spiro atoms. The Morgan fingerprint density at radius 3 is 2.31 bits per heavy atom. The minimum absolute atomic E-state index is 0.0263. The third kappa shape index (κ3) is 11.2. The number of piperidine rings is 2. The molecule has 62 heavy (non-hydrogen) atoms. The molecule has 2 saturated heterocycles. The number of hydrogen-bond donors (Lipinski definition) is 4. The number of ether oxygens (including phenoxy) is 1. The number of aldehydes is 1. The maximum absolute atomic E-state index is 14.0. The summed E-state index contributed by atoms with van der Waals surface area (Å²) >= 11 is 0. The second kappa shape index (κ2) is 21.5. The largest absolute Gasteiger partial charge is 0.506 e. The van der Waals surface area contributed by atoms with E-state index in [-0.39, 0.29) is 29.9 Å². The van der Waals surface area contributed by atoms with E-state index in [1.165, 1.54) is 23.9 Å². The summed E-state index contributed by atoms with van der Waals surface area (Å²) in [5.41, 5.74) is 6.05. The van der Waals surface area contributed by atoms with Crippen molar-refractivity contribution < 1.29 is 29.3 Å². The van der Waals surface area contributed by atoms with Crippen LogP contribution < -0.4 is 10.6 Å². The van der Waals surface area contributed by atoms with E-state index < -0.39 is 12.0 Å². The summed E-state index contributed by atoms with van der Waals surface area (Å²) in [6.45, 7) is 5.32. The first-order valence-corrected chi connectivity index (χ1v) is 21.5. The van der Waals surface area contributed by atoms with Gasteiger partial charge >= 0.3 is 5.97 Å². The van der Waals surface area contributed by atoms with Crippen molar-refractivity contribution in [3.63, 3.8) is 0 Å². The Morgan fingerprint density at radius 2 is 1.58 bits per heavy atom. The van der Waals surface area contributed by atoms with Crippen LogP contribution in [0.5, 0.6) is 5.75 Å². The minimum Gasteiger partial charge on any atom is -0.506 e. The topological polar surface area (TPSA) is 157 Å². The molecule has 7 rings (SSSR count). The first-order valence-electron chi connectivity index (χ1n) is 21.5. The fraction of sp³-hybridized carbons (Fsp3) is 0.340. The van der Waals surface area contributed by atoms with Crippen LogP contribution in [0.1, 0.15) is 76.0 Å². The number of aliphatic hydroxyl groups excluding tert-OH is 1. The average Bonchev–Trinajstić information content (AvgIpc) is 3.31. The smallest absolute Gasteiger partial charge is 0.317 e. The molecule has 2 aliphatic heterocycles. The number of amides is 1. The second-order valence-electron chi connectivity index (χ2n) is 16.2. The molecule has 4 aromatic carbocycles. The molecular weight excluding hydrogens is 781 g/mol. The van der Waals surface area contributed by atoms with Crippen molar-refractivity contribution in [2.24, 2.45) is 11.8 Å². The number of allylic oxidation sites excluding steroid dienone is 1. The highest BCUT2D eigenvalue weighted by atomic mass is 16.5.